The molecule has 24 heavy (non-hydrogen) atoms. The molecule has 0 aliphatic rings. The fraction of sp³-hybridized carbons (Fsp3) is 0.0909. The van der Waals surface area contributed by atoms with Crippen molar-refractivity contribution in [1.29, 1.82) is 0 Å². The number of aliphatic hydroxyl groups excluding tert-OH is 1. The summed E-state index contributed by atoms with van der Waals surface area (Å²) in [6.45, 7) is 0. The topological polar surface area (TPSA) is 20.2 Å². The van der Waals surface area contributed by atoms with Crippen molar-refractivity contribution in [3.63, 3.8) is 0 Å². The van der Waals surface area contributed by atoms with Gasteiger partial charge in [-0.3, -0.25) is 0 Å². The van der Waals surface area contributed by atoms with E-state index >= 15 is 0 Å². The first kappa shape index (κ1) is 16.6. The van der Waals surface area contributed by atoms with Gasteiger partial charge in [0, 0.05) is 4.90 Å². The molecule has 2 heteroatoms. The van der Waals surface area contributed by atoms with Gasteiger partial charge in [-0.1, -0.05) is 91.0 Å². The Morgan fingerprint density at radius 1 is 0.708 bits per heavy atom. The SMILES string of the molecule is O[C@H](/C=C/c1ccccc1)[C@@H](Sc1ccccc1)c1ccccc1. The van der Waals surface area contributed by atoms with E-state index in [0.29, 0.717) is 0 Å². The zero-order valence-corrected chi connectivity index (χ0v) is 14.1. The average molecular weight is 332 g/mol. The van der Waals surface area contributed by atoms with Crippen LogP contribution in [0.25, 0.3) is 6.08 Å². The van der Waals surface area contributed by atoms with Gasteiger partial charge in [-0.25, -0.2) is 0 Å². The van der Waals surface area contributed by atoms with E-state index < -0.39 is 6.10 Å². The third kappa shape index (κ3) is 4.60. The monoisotopic (exact) mass is 332 g/mol. The highest BCUT2D eigenvalue weighted by Gasteiger charge is 2.20. The maximum absolute atomic E-state index is 10.8. The predicted octanol–water partition coefficient (Wildman–Crippen LogP) is 5.59. The van der Waals surface area contributed by atoms with E-state index in [4.69, 9.17) is 0 Å². The minimum Gasteiger partial charge on any atom is -0.388 e. The molecule has 0 amide bonds. The molecule has 0 saturated heterocycles. The van der Waals surface area contributed by atoms with Crippen molar-refractivity contribution in [3.8, 4) is 0 Å². The van der Waals surface area contributed by atoms with Crippen molar-refractivity contribution in [3.05, 3.63) is 108 Å². The molecule has 0 aromatic heterocycles. The first-order valence-electron chi connectivity index (χ1n) is 8.01. The summed E-state index contributed by atoms with van der Waals surface area (Å²) < 4.78 is 0. The Bertz CT molecular complexity index is 754. The number of thioether (sulfide) groups is 1. The summed E-state index contributed by atoms with van der Waals surface area (Å²) >= 11 is 1.68. The predicted molar refractivity (Wildman–Crippen MR) is 103 cm³/mol. The lowest BCUT2D eigenvalue weighted by atomic mass is 10.1. The molecular formula is C22H20OS. The first-order valence-corrected chi connectivity index (χ1v) is 8.89. The second kappa shape index (κ2) is 8.53. The van der Waals surface area contributed by atoms with Crippen molar-refractivity contribution in [2.45, 2.75) is 16.2 Å². The van der Waals surface area contributed by atoms with Gasteiger partial charge in [0.25, 0.3) is 0 Å². The normalized spacial score (nSPS) is 13.7. The second-order valence-electron chi connectivity index (χ2n) is 5.52. The van der Waals surface area contributed by atoms with Crippen molar-refractivity contribution in [2.24, 2.45) is 0 Å². The fourth-order valence-corrected chi connectivity index (χ4v) is 3.63. The number of hydrogen-bond acceptors (Lipinski definition) is 2. The smallest absolute Gasteiger partial charge is 0.0887 e. The van der Waals surface area contributed by atoms with Crippen LogP contribution in [0.2, 0.25) is 0 Å². The van der Waals surface area contributed by atoms with E-state index in [1.54, 1.807) is 11.8 Å². The Morgan fingerprint density at radius 2 is 1.25 bits per heavy atom. The van der Waals surface area contributed by atoms with E-state index in [-0.39, 0.29) is 5.25 Å². The first-order chi connectivity index (χ1) is 11.8. The summed E-state index contributed by atoms with van der Waals surface area (Å²) in [6, 6.07) is 30.4. The molecule has 0 spiro atoms. The van der Waals surface area contributed by atoms with Crippen LogP contribution >= 0.6 is 11.8 Å². The van der Waals surface area contributed by atoms with Crippen LogP contribution in [0.5, 0.6) is 0 Å². The molecule has 1 N–H and O–H groups in total. The maximum Gasteiger partial charge on any atom is 0.0887 e. The highest BCUT2D eigenvalue weighted by Crippen LogP contribution is 2.38. The molecule has 3 rings (SSSR count). The fourth-order valence-electron chi connectivity index (χ4n) is 2.50. The molecule has 0 bridgehead atoms. The molecule has 3 aromatic carbocycles. The lowest BCUT2D eigenvalue weighted by molar-refractivity contribution is 0.221. The van der Waals surface area contributed by atoms with Crippen LogP contribution in [0, 0.1) is 0 Å². The van der Waals surface area contributed by atoms with Gasteiger partial charge in [-0.15, -0.1) is 11.8 Å². The standard InChI is InChI=1S/C22H20OS/c23-21(17-16-18-10-4-1-5-11-18)22(19-12-6-2-7-13-19)24-20-14-8-3-9-15-20/h1-17,21-23H/b17-16+/t21-,22+/m1/s1. The van der Waals surface area contributed by atoms with Crippen LogP contribution in [-0.4, -0.2) is 11.2 Å². The van der Waals surface area contributed by atoms with Crippen molar-refractivity contribution < 1.29 is 5.11 Å². The molecular weight excluding hydrogens is 312 g/mol. The van der Waals surface area contributed by atoms with Gasteiger partial charge in [-0.2, -0.15) is 0 Å². The third-order valence-corrected chi connectivity index (χ3v) is 5.08. The largest absolute Gasteiger partial charge is 0.388 e. The van der Waals surface area contributed by atoms with Gasteiger partial charge < -0.3 is 5.11 Å². The summed E-state index contributed by atoms with van der Waals surface area (Å²) in [5, 5.41) is 10.7. The molecule has 3 aromatic rings. The lowest BCUT2D eigenvalue weighted by Crippen LogP contribution is -2.13. The van der Waals surface area contributed by atoms with Crippen LogP contribution in [0.15, 0.2) is 102 Å². The van der Waals surface area contributed by atoms with Crippen LogP contribution in [0.4, 0.5) is 0 Å². The van der Waals surface area contributed by atoms with Gasteiger partial charge in [0.05, 0.1) is 11.4 Å². The Labute approximate surface area is 147 Å². The minimum atomic E-state index is -0.571. The zero-order chi connectivity index (χ0) is 16.6. The maximum atomic E-state index is 10.8. The molecule has 0 heterocycles. The Balaban J connectivity index is 1.82. The minimum absolute atomic E-state index is 0.0476. The van der Waals surface area contributed by atoms with Crippen molar-refractivity contribution in [2.75, 3.05) is 0 Å². The van der Waals surface area contributed by atoms with Gasteiger partial charge in [-0.05, 0) is 23.3 Å². The molecule has 0 saturated carbocycles. The van der Waals surface area contributed by atoms with E-state index in [1.165, 1.54) is 0 Å². The third-order valence-electron chi connectivity index (χ3n) is 3.73. The summed E-state index contributed by atoms with van der Waals surface area (Å²) in [7, 11) is 0. The summed E-state index contributed by atoms with van der Waals surface area (Å²) in [4.78, 5) is 1.15. The summed E-state index contributed by atoms with van der Waals surface area (Å²) in [5.74, 6) is 0. The van der Waals surface area contributed by atoms with Crippen molar-refractivity contribution in [1.82, 2.24) is 0 Å². The number of hydrogen-bond donors (Lipinski definition) is 1. The molecule has 0 aliphatic carbocycles. The summed E-state index contributed by atoms with van der Waals surface area (Å²) in [5.41, 5.74) is 2.21. The zero-order valence-electron chi connectivity index (χ0n) is 13.3. The average Bonchev–Trinajstić information content (AvgIpc) is 2.66. The molecule has 0 unspecified atom stereocenters. The quantitative estimate of drug-likeness (QED) is 0.593. The Hall–Kier alpha value is -2.29. The molecule has 120 valence electrons. The summed E-state index contributed by atoms with van der Waals surface area (Å²) in [6.07, 6.45) is 3.28. The number of benzene rings is 3. The van der Waals surface area contributed by atoms with E-state index in [9.17, 15) is 5.11 Å². The van der Waals surface area contributed by atoms with E-state index in [1.807, 2.05) is 78.9 Å². The highest BCUT2D eigenvalue weighted by molar-refractivity contribution is 7.99. The van der Waals surface area contributed by atoms with Crippen molar-refractivity contribution >= 4 is 17.8 Å². The van der Waals surface area contributed by atoms with Gasteiger partial charge in [0.2, 0.25) is 0 Å². The number of rotatable bonds is 6. The van der Waals surface area contributed by atoms with E-state index in [0.717, 1.165) is 16.0 Å². The van der Waals surface area contributed by atoms with Crippen LogP contribution in [0.3, 0.4) is 0 Å². The second-order valence-corrected chi connectivity index (χ2v) is 6.74. The van der Waals surface area contributed by atoms with E-state index in [2.05, 4.69) is 24.3 Å². The Kier molecular flexibility index (Phi) is 5.89. The Morgan fingerprint density at radius 3 is 1.88 bits per heavy atom. The molecule has 0 aliphatic heterocycles. The van der Waals surface area contributed by atoms with Crippen LogP contribution in [0.1, 0.15) is 16.4 Å². The van der Waals surface area contributed by atoms with Gasteiger partial charge in [0.1, 0.15) is 0 Å². The molecule has 2 atom stereocenters. The number of aliphatic hydroxyl groups is 1. The highest BCUT2D eigenvalue weighted by atomic mass is 32.2. The molecule has 0 fully saturated rings. The van der Waals surface area contributed by atoms with Gasteiger partial charge in [0.15, 0.2) is 0 Å². The molecule has 0 radical (unpaired) electrons. The lowest BCUT2D eigenvalue weighted by Gasteiger charge is -2.21. The van der Waals surface area contributed by atoms with Crippen LogP contribution in [-0.2, 0) is 0 Å². The van der Waals surface area contributed by atoms with Gasteiger partial charge >= 0.3 is 0 Å². The van der Waals surface area contributed by atoms with Crippen LogP contribution < -0.4 is 0 Å². The molecule has 1 nitrogen and oxygen atoms in total.